The number of benzene rings is 1. The quantitative estimate of drug-likeness (QED) is 0.538. The van der Waals surface area contributed by atoms with Crippen LogP contribution in [0.1, 0.15) is 39.2 Å². The van der Waals surface area contributed by atoms with Crippen molar-refractivity contribution >= 4 is 18.0 Å². The number of nitrogens with one attached hydrogen (secondary N) is 1. The average molecular weight is 434 g/mol. The Balaban J connectivity index is 2.02. The Hall–Kier alpha value is -3.69. The second-order valence-electron chi connectivity index (χ2n) is 7.64. The van der Waals surface area contributed by atoms with Crippen molar-refractivity contribution in [1.29, 1.82) is 0 Å². The number of alkyl carbamates (subject to hydrolysis) is 1. The summed E-state index contributed by atoms with van der Waals surface area (Å²) < 4.78 is 10.8. The minimum absolute atomic E-state index is 0.0281. The number of hydrogen-bond donors (Lipinski definition) is 3. The SMILES string of the molecule is CC(C)(C)OC(=O)CC[C@H](NC(=O)OCc1ccccc1)C(=O)On1c(O)ccc1O. The number of ether oxygens (including phenoxy) is 2. The molecule has 0 bridgehead atoms. The molecule has 1 heterocycles. The highest BCUT2D eigenvalue weighted by molar-refractivity contribution is 5.82. The lowest BCUT2D eigenvalue weighted by Gasteiger charge is -2.21. The smallest absolute Gasteiger partial charge is 0.408 e. The molecular formula is C21H26N2O8. The Morgan fingerprint density at radius 3 is 2.23 bits per heavy atom. The maximum Gasteiger partial charge on any atom is 0.408 e. The van der Waals surface area contributed by atoms with Gasteiger partial charge in [-0.25, -0.2) is 9.59 Å². The molecule has 10 nitrogen and oxygen atoms in total. The second-order valence-corrected chi connectivity index (χ2v) is 7.64. The van der Waals surface area contributed by atoms with Crippen molar-refractivity contribution in [2.75, 3.05) is 0 Å². The Morgan fingerprint density at radius 2 is 1.65 bits per heavy atom. The summed E-state index contributed by atoms with van der Waals surface area (Å²) in [5, 5.41) is 21.6. The molecule has 1 aromatic carbocycles. The highest BCUT2D eigenvalue weighted by atomic mass is 16.7. The van der Waals surface area contributed by atoms with Crippen molar-refractivity contribution in [2.24, 2.45) is 0 Å². The summed E-state index contributed by atoms with van der Waals surface area (Å²) in [6.45, 7) is 5.08. The van der Waals surface area contributed by atoms with Crippen molar-refractivity contribution in [3.05, 3.63) is 48.0 Å². The monoisotopic (exact) mass is 434 g/mol. The van der Waals surface area contributed by atoms with E-state index in [1.807, 2.05) is 6.07 Å². The number of aromatic hydroxyl groups is 2. The first-order valence-corrected chi connectivity index (χ1v) is 9.56. The molecule has 0 aliphatic heterocycles. The van der Waals surface area contributed by atoms with Gasteiger partial charge in [0.15, 0.2) is 0 Å². The lowest BCUT2D eigenvalue weighted by atomic mass is 10.1. The zero-order valence-corrected chi connectivity index (χ0v) is 17.5. The molecule has 0 aliphatic rings. The minimum Gasteiger partial charge on any atom is -0.492 e. The fourth-order valence-electron chi connectivity index (χ4n) is 2.46. The van der Waals surface area contributed by atoms with Crippen LogP contribution in [-0.2, 0) is 25.7 Å². The fraction of sp³-hybridized carbons (Fsp3) is 0.381. The van der Waals surface area contributed by atoms with Crippen LogP contribution < -0.4 is 10.2 Å². The molecule has 2 aromatic rings. The van der Waals surface area contributed by atoms with Gasteiger partial charge in [-0.15, -0.1) is 4.73 Å². The highest BCUT2D eigenvalue weighted by Crippen LogP contribution is 2.19. The van der Waals surface area contributed by atoms with E-state index in [-0.39, 0.29) is 19.4 Å². The third-order valence-corrected chi connectivity index (χ3v) is 3.83. The Morgan fingerprint density at radius 1 is 1.03 bits per heavy atom. The Labute approximate surface area is 179 Å². The number of amides is 1. The van der Waals surface area contributed by atoms with Crippen LogP contribution in [0.2, 0.25) is 0 Å². The zero-order valence-electron chi connectivity index (χ0n) is 17.5. The third kappa shape index (κ3) is 7.92. The van der Waals surface area contributed by atoms with E-state index in [0.717, 1.165) is 17.7 Å². The van der Waals surface area contributed by atoms with Gasteiger partial charge >= 0.3 is 18.0 Å². The van der Waals surface area contributed by atoms with E-state index in [0.29, 0.717) is 4.73 Å². The molecule has 0 saturated heterocycles. The summed E-state index contributed by atoms with van der Waals surface area (Å²) in [5.74, 6) is -2.65. The molecule has 168 valence electrons. The number of nitrogens with zero attached hydrogens (tertiary/aromatic N) is 1. The molecule has 3 N–H and O–H groups in total. The molecule has 1 amide bonds. The number of carbonyl (C=O) groups excluding carboxylic acids is 3. The first-order valence-electron chi connectivity index (χ1n) is 9.56. The standard InChI is InChI=1S/C21H26N2O8/c1-21(2,3)30-18(26)12-9-15(19(27)31-23-16(24)10-11-17(23)25)22-20(28)29-13-14-7-5-4-6-8-14/h4-8,10-11,15,24-25H,9,12-13H2,1-3H3,(H,22,28)/t15-/m0/s1. The largest absolute Gasteiger partial charge is 0.492 e. The molecule has 0 unspecified atom stereocenters. The van der Waals surface area contributed by atoms with Gasteiger partial charge in [-0.1, -0.05) is 30.3 Å². The molecule has 0 radical (unpaired) electrons. The summed E-state index contributed by atoms with van der Waals surface area (Å²) in [6, 6.07) is 9.83. The van der Waals surface area contributed by atoms with E-state index >= 15 is 0 Å². The van der Waals surface area contributed by atoms with E-state index in [1.54, 1.807) is 45.0 Å². The fourth-order valence-corrected chi connectivity index (χ4v) is 2.46. The number of aromatic nitrogens is 1. The highest BCUT2D eigenvalue weighted by Gasteiger charge is 2.27. The van der Waals surface area contributed by atoms with Crippen LogP contribution >= 0.6 is 0 Å². The average Bonchev–Trinajstić information content (AvgIpc) is 3.01. The lowest BCUT2D eigenvalue weighted by Crippen LogP contribution is -2.45. The van der Waals surface area contributed by atoms with Crippen molar-refractivity contribution in [3.8, 4) is 11.8 Å². The van der Waals surface area contributed by atoms with Crippen LogP contribution in [0.25, 0.3) is 0 Å². The number of hydrogen-bond acceptors (Lipinski definition) is 8. The zero-order chi connectivity index (χ0) is 23.0. The predicted octanol–water partition coefficient (Wildman–Crippen LogP) is 2.27. The Bertz CT molecular complexity index is 882. The number of esters is 1. The maximum absolute atomic E-state index is 12.5. The van der Waals surface area contributed by atoms with Crippen molar-refractivity contribution < 1.29 is 38.9 Å². The molecule has 1 atom stereocenters. The van der Waals surface area contributed by atoms with E-state index in [4.69, 9.17) is 14.3 Å². The third-order valence-electron chi connectivity index (χ3n) is 3.83. The van der Waals surface area contributed by atoms with Crippen LogP contribution in [0.5, 0.6) is 11.8 Å². The van der Waals surface area contributed by atoms with Crippen molar-refractivity contribution in [2.45, 2.75) is 51.9 Å². The first-order chi connectivity index (χ1) is 14.5. The number of carbonyl (C=O) groups is 3. The van der Waals surface area contributed by atoms with E-state index in [2.05, 4.69) is 5.32 Å². The van der Waals surface area contributed by atoms with Crippen LogP contribution in [0, 0.1) is 0 Å². The van der Waals surface area contributed by atoms with E-state index < -0.39 is 41.4 Å². The summed E-state index contributed by atoms with van der Waals surface area (Å²) in [7, 11) is 0. The van der Waals surface area contributed by atoms with Gasteiger partial charge in [-0.05, 0) is 32.8 Å². The van der Waals surface area contributed by atoms with Gasteiger partial charge in [0.2, 0.25) is 11.8 Å². The minimum atomic E-state index is -1.31. The molecule has 2 rings (SSSR count). The van der Waals surface area contributed by atoms with E-state index in [1.165, 1.54) is 0 Å². The van der Waals surface area contributed by atoms with Gasteiger partial charge in [0.05, 0.1) is 0 Å². The maximum atomic E-state index is 12.5. The molecule has 0 aliphatic carbocycles. The predicted molar refractivity (Wildman–Crippen MR) is 108 cm³/mol. The van der Waals surface area contributed by atoms with Gasteiger partial charge < -0.3 is 29.8 Å². The van der Waals surface area contributed by atoms with Crippen molar-refractivity contribution in [1.82, 2.24) is 10.0 Å². The topological polar surface area (TPSA) is 136 Å². The Kier molecular flexibility index (Phi) is 7.89. The van der Waals surface area contributed by atoms with Crippen LogP contribution in [-0.4, -0.2) is 44.6 Å². The molecule has 0 saturated carbocycles. The molecule has 0 fully saturated rings. The summed E-state index contributed by atoms with van der Waals surface area (Å²) >= 11 is 0. The van der Waals surface area contributed by atoms with Gasteiger partial charge in [0.25, 0.3) is 0 Å². The molecule has 31 heavy (non-hydrogen) atoms. The number of rotatable bonds is 8. The lowest BCUT2D eigenvalue weighted by molar-refractivity contribution is -0.155. The molecule has 1 aromatic heterocycles. The van der Waals surface area contributed by atoms with Crippen LogP contribution in [0.4, 0.5) is 4.79 Å². The molecule has 10 heteroatoms. The van der Waals surface area contributed by atoms with Gasteiger partial charge in [0, 0.05) is 18.6 Å². The van der Waals surface area contributed by atoms with E-state index in [9.17, 15) is 24.6 Å². The van der Waals surface area contributed by atoms with Gasteiger partial charge in [-0.2, -0.15) is 0 Å². The summed E-state index contributed by atoms with van der Waals surface area (Å²) in [4.78, 5) is 41.6. The molecule has 0 spiro atoms. The van der Waals surface area contributed by atoms with Crippen LogP contribution in [0.3, 0.4) is 0 Å². The normalized spacial score (nSPS) is 12.0. The second kappa shape index (κ2) is 10.4. The van der Waals surface area contributed by atoms with Crippen LogP contribution in [0.15, 0.2) is 42.5 Å². The van der Waals surface area contributed by atoms with Gasteiger partial charge in [0.1, 0.15) is 18.2 Å². The first kappa shape index (κ1) is 23.6. The summed E-state index contributed by atoms with van der Waals surface area (Å²) in [6.07, 6.45) is -1.26. The molecular weight excluding hydrogens is 408 g/mol. The summed E-state index contributed by atoms with van der Waals surface area (Å²) in [5.41, 5.74) is 0.0328. The van der Waals surface area contributed by atoms with Crippen molar-refractivity contribution in [3.63, 3.8) is 0 Å². The van der Waals surface area contributed by atoms with Gasteiger partial charge in [-0.3, -0.25) is 4.79 Å².